The normalized spacial score (nSPS) is 15.0. The molecule has 5 heterocycles. The zero-order chi connectivity index (χ0) is 30.3. The second-order valence-electron chi connectivity index (χ2n) is 9.85. The highest BCUT2D eigenvalue weighted by molar-refractivity contribution is 5.80. The van der Waals surface area contributed by atoms with Crippen molar-refractivity contribution in [2.45, 2.75) is 50.4 Å². The van der Waals surface area contributed by atoms with Gasteiger partial charge in [0.25, 0.3) is 5.88 Å². The van der Waals surface area contributed by atoms with E-state index in [4.69, 9.17) is 14.3 Å². The molecule has 0 aliphatic heterocycles. The molecule has 0 radical (unpaired) electrons. The summed E-state index contributed by atoms with van der Waals surface area (Å²) in [4.78, 5) is 24.3. The number of hydrogen-bond donors (Lipinski definition) is 1. The molecule has 0 atom stereocenters. The predicted molar refractivity (Wildman–Crippen MR) is 136 cm³/mol. The maximum atomic E-state index is 15.1. The largest absolute Gasteiger partial charge is 0.470 e. The molecule has 5 aromatic heterocycles. The van der Waals surface area contributed by atoms with Crippen LogP contribution in [0.2, 0.25) is 0 Å². The number of aliphatic hydroxyl groups is 1. The van der Waals surface area contributed by atoms with Gasteiger partial charge in [-0.05, 0) is 31.7 Å². The number of ether oxygens (including phenoxy) is 1. The number of fused-ring (bicyclic) bond motifs is 1. The quantitative estimate of drug-likeness (QED) is 0.177. The lowest BCUT2D eigenvalue weighted by Gasteiger charge is -2.11. The molecule has 224 valence electrons. The zero-order valence-electron chi connectivity index (χ0n) is 22.0. The molecule has 5 aromatic rings. The van der Waals surface area contributed by atoms with E-state index in [9.17, 15) is 22.0 Å². The van der Waals surface area contributed by atoms with Crippen LogP contribution in [-0.2, 0) is 12.8 Å². The summed E-state index contributed by atoms with van der Waals surface area (Å²) in [5, 5.41) is 6.90. The molecule has 7 rings (SSSR count). The molecule has 0 bridgehead atoms. The van der Waals surface area contributed by atoms with Gasteiger partial charge in [-0.3, -0.25) is 0 Å². The van der Waals surface area contributed by atoms with Gasteiger partial charge in [0.1, 0.15) is 24.1 Å². The Bertz CT molecular complexity index is 1780. The number of imidazole rings is 1. The molecule has 2 aliphatic rings. The summed E-state index contributed by atoms with van der Waals surface area (Å²) < 4.78 is 92.2. The fourth-order valence-electron chi connectivity index (χ4n) is 4.51. The van der Waals surface area contributed by atoms with E-state index in [-0.39, 0.29) is 58.5 Å². The Balaban J connectivity index is 0.00000105. The highest BCUT2D eigenvalue weighted by Crippen LogP contribution is 2.44. The maximum Gasteiger partial charge on any atom is 0.434 e. The van der Waals surface area contributed by atoms with Gasteiger partial charge in [-0.2, -0.15) is 22.5 Å². The van der Waals surface area contributed by atoms with Crippen LogP contribution in [0.1, 0.15) is 54.6 Å². The van der Waals surface area contributed by atoms with Gasteiger partial charge in [0.05, 0.1) is 17.5 Å². The number of rotatable bonds is 7. The van der Waals surface area contributed by atoms with E-state index in [0.717, 1.165) is 31.4 Å². The van der Waals surface area contributed by atoms with Crippen molar-refractivity contribution < 1.29 is 40.6 Å². The highest BCUT2D eigenvalue weighted by Gasteiger charge is 2.38. The zero-order valence-corrected chi connectivity index (χ0v) is 22.0. The molecule has 2 saturated carbocycles. The summed E-state index contributed by atoms with van der Waals surface area (Å²) in [7, 11) is 0. The number of halogens is 6. The standard InChI is InChI=1S/C26H18F5N7O2.CH3FO/c27-15-7-12(8-32-20(15)24-36-17(26(29,30)31)9-38(24)14-3-4-14)10-40-25-21-16(5-6-39-21)35-23(37-25)18-19(13-1-2-13)33-11-34-22(18)28;2-1-3/h5-9,11,13-14H,1-4,10H2;3H,1H2. The predicted octanol–water partition coefficient (Wildman–Crippen LogP) is 5.93. The number of hydrogen-bond acceptors (Lipinski definition) is 9. The smallest absolute Gasteiger partial charge is 0.434 e. The van der Waals surface area contributed by atoms with Crippen LogP contribution in [0.4, 0.5) is 26.3 Å². The van der Waals surface area contributed by atoms with E-state index in [1.807, 2.05) is 0 Å². The van der Waals surface area contributed by atoms with E-state index < -0.39 is 30.5 Å². The van der Waals surface area contributed by atoms with Crippen molar-refractivity contribution in [1.29, 1.82) is 0 Å². The van der Waals surface area contributed by atoms with Crippen molar-refractivity contribution in [1.82, 2.24) is 34.5 Å². The summed E-state index contributed by atoms with van der Waals surface area (Å²) in [6.07, 6.45) is 3.14. The minimum absolute atomic E-state index is 0.0152. The van der Waals surface area contributed by atoms with Crippen molar-refractivity contribution in [2.75, 3.05) is 6.86 Å². The van der Waals surface area contributed by atoms with Crippen LogP contribution in [-0.4, -0.2) is 46.4 Å². The first-order valence-electron chi connectivity index (χ1n) is 13.0. The monoisotopic (exact) mass is 605 g/mol. The molecule has 1 N–H and O–H groups in total. The average Bonchev–Trinajstić information content (AvgIpc) is 3.90. The highest BCUT2D eigenvalue weighted by atomic mass is 19.4. The van der Waals surface area contributed by atoms with E-state index >= 15 is 4.39 Å². The van der Waals surface area contributed by atoms with Crippen LogP contribution in [0.15, 0.2) is 41.5 Å². The number of furan rings is 1. The van der Waals surface area contributed by atoms with Crippen LogP contribution in [0, 0.1) is 11.8 Å². The molecular weight excluding hydrogens is 584 g/mol. The Labute approximate surface area is 238 Å². The molecule has 0 unspecified atom stereocenters. The van der Waals surface area contributed by atoms with Crippen LogP contribution in [0.25, 0.3) is 34.0 Å². The number of alkyl halides is 4. The lowest BCUT2D eigenvalue weighted by Crippen LogP contribution is -2.06. The molecular formula is C27H21F6N7O3. The third kappa shape index (κ3) is 5.86. The topological polar surface area (TPSA) is 125 Å². The summed E-state index contributed by atoms with van der Waals surface area (Å²) in [6.45, 7) is -1.47. The van der Waals surface area contributed by atoms with Crippen molar-refractivity contribution in [3.8, 4) is 28.8 Å². The Kier molecular flexibility index (Phi) is 7.45. The van der Waals surface area contributed by atoms with Gasteiger partial charge < -0.3 is 18.8 Å². The Morgan fingerprint density at radius 1 is 1.05 bits per heavy atom. The molecule has 0 saturated heterocycles. The minimum Gasteiger partial charge on any atom is -0.470 e. The molecule has 16 heteroatoms. The Morgan fingerprint density at radius 2 is 1.81 bits per heavy atom. The average molecular weight is 605 g/mol. The SMILES string of the molecule is Fc1cc(COc2nc(-c3c(F)ncnc3C3CC3)nc3ccoc23)cnc1-c1nc(C(F)(F)F)cn1C1CC1.OCF. The Hall–Kier alpha value is -4.60. The third-order valence-corrected chi connectivity index (χ3v) is 6.74. The third-order valence-electron chi connectivity index (χ3n) is 6.74. The Morgan fingerprint density at radius 3 is 2.49 bits per heavy atom. The van der Waals surface area contributed by atoms with Crippen LogP contribution in [0.3, 0.4) is 0 Å². The lowest BCUT2D eigenvalue weighted by molar-refractivity contribution is -0.140. The van der Waals surface area contributed by atoms with Gasteiger partial charge in [0, 0.05) is 36.0 Å². The molecule has 43 heavy (non-hydrogen) atoms. The molecule has 0 spiro atoms. The summed E-state index contributed by atoms with van der Waals surface area (Å²) in [6, 6.07) is 2.50. The molecule has 0 aromatic carbocycles. The van der Waals surface area contributed by atoms with Gasteiger partial charge in [-0.25, -0.2) is 33.7 Å². The van der Waals surface area contributed by atoms with E-state index in [0.29, 0.717) is 24.1 Å². The summed E-state index contributed by atoms with van der Waals surface area (Å²) >= 11 is 0. The molecule has 0 amide bonds. The number of aromatic nitrogens is 7. The first-order valence-corrected chi connectivity index (χ1v) is 13.0. The van der Waals surface area contributed by atoms with Crippen molar-refractivity contribution >= 4 is 11.1 Å². The van der Waals surface area contributed by atoms with Crippen LogP contribution in [0.5, 0.6) is 5.88 Å². The van der Waals surface area contributed by atoms with Crippen LogP contribution < -0.4 is 4.74 Å². The fourth-order valence-corrected chi connectivity index (χ4v) is 4.51. The van der Waals surface area contributed by atoms with E-state index in [2.05, 4.69) is 29.9 Å². The summed E-state index contributed by atoms with van der Waals surface area (Å²) in [5.74, 6) is -1.70. The molecule has 10 nitrogen and oxygen atoms in total. The van der Waals surface area contributed by atoms with Crippen molar-refractivity contribution in [3.63, 3.8) is 0 Å². The second-order valence-corrected chi connectivity index (χ2v) is 9.85. The minimum atomic E-state index is -4.67. The van der Waals surface area contributed by atoms with Gasteiger partial charge >= 0.3 is 6.18 Å². The van der Waals surface area contributed by atoms with Gasteiger partial charge in [-0.1, -0.05) is 0 Å². The first-order chi connectivity index (χ1) is 20.7. The molecule has 2 aliphatic carbocycles. The first kappa shape index (κ1) is 28.5. The number of aliphatic hydroxyl groups excluding tert-OH is 1. The fraction of sp³-hybridized carbons (Fsp3) is 0.333. The van der Waals surface area contributed by atoms with E-state index in [1.54, 1.807) is 6.07 Å². The van der Waals surface area contributed by atoms with Crippen molar-refractivity contribution in [2.24, 2.45) is 0 Å². The summed E-state index contributed by atoms with van der Waals surface area (Å²) in [5.41, 5.74) is 0.0313. The number of pyridine rings is 1. The van der Waals surface area contributed by atoms with Crippen LogP contribution >= 0.6 is 0 Å². The molecule has 2 fully saturated rings. The van der Waals surface area contributed by atoms with E-state index in [1.165, 1.54) is 17.0 Å². The second kappa shape index (κ2) is 11.2. The van der Waals surface area contributed by atoms with Gasteiger partial charge in [0.15, 0.2) is 30.0 Å². The lowest BCUT2D eigenvalue weighted by atomic mass is 10.1. The van der Waals surface area contributed by atoms with Crippen molar-refractivity contribution in [3.05, 3.63) is 65.8 Å². The van der Waals surface area contributed by atoms with Gasteiger partial charge in [-0.15, -0.1) is 0 Å². The maximum absolute atomic E-state index is 15.1. The van der Waals surface area contributed by atoms with Gasteiger partial charge in [0.2, 0.25) is 11.5 Å². The number of nitrogens with zero attached hydrogens (tertiary/aromatic N) is 7.